The van der Waals surface area contributed by atoms with E-state index in [0.717, 1.165) is 40.4 Å². The molecule has 0 atom stereocenters. The molecular weight excluding hydrogens is 380 g/mol. The molecule has 0 saturated heterocycles. The fraction of sp³-hybridized carbons (Fsp3) is 0.348. The fourth-order valence-corrected chi connectivity index (χ4v) is 5.25. The van der Waals surface area contributed by atoms with Crippen LogP contribution in [0.1, 0.15) is 49.4 Å². The summed E-state index contributed by atoms with van der Waals surface area (Å²) in [6, 6.07) is 12.0. The van der Waals surface area contributed by atoms with Crippen molar-refractivity contribution in [1.82, 2.24) is 18.9 Å². The summed E-state index contributed by atoms with van der Waals surface area (Å²) < 4.78 is 4.03. The van der Waals surface area contributed by atoms with Crippen molar-refractivity contribution in [2.45, 2.75) is 56.0 Å². The van der Waals surface area contributed by atoms with E-state index in [0.29, 0.717) is 11.1 Å². The minimum absolute atomic E-state index is 0.0934. The van der Waals surface area contributed by atoms with Gasteiger partial charge in [-0.3, -0.25) is 9.36 Å². The predicted molar refractivity (Wildman–Crippen MR) is 118 cm³/mol. The molecule has 3 aromatic heterocycles. The standard InChI is InChI=1S/C23H24N4OS/c1-16-8-7-13-26-14-17(24-21(16)26)15-29-23-25-20-12-6-5-11-19(20)22(28)27(23)18-9-3-2-4-10-18/h5-8,11-14,18H,2-4,9-10,15H2,1H3. The van der Waals surface area contributed by atoms with E-state index in [9.17, 15) is 4.79 Å². The SMILES string of the molecule is Cc1cccn2cc(CSc3nc4ccccc4c(=O)n3C3CCCCC3)nc12. The molecule has 1 saturated carbocycles. The van der Waals surface area contributed by atoms with Crippen LogP contribution in [0.5, 0.6) is 0 Å². The largest absolute Gasteiger partial charge is 0.307 e. The minimum atomic E-state index is 0.0934. The summed E-state index contributed by atoms with van der Waals surface area (Å²) in [7, 11) is 0. The van der Waals surface area contributed by atoms with E-state index in [1.54, 1.807) is 11.8 Å². The fourth-order valence-electron chi connectivity index (χ4n) is 4.30. The van der Waals surface area contributed by atoms with E-state index in [1.807, 2.05) is 41.1 Å². The van der Waals surface area contributed by atoms with Crippen molar-refractivity contribution >= 4 is 28.3 Å². The van der Waals surface area contributed by atoms with Gasteiger partial charge >= 0.3 is 0 Å². The molecule has 5 nitrogen and oxygen atoms in total. The Hall–Kier alpha value is -2.60. The maximum atomic E-state index is 13.3. The first-order chi connectivity index (χ1) is 14.2. The van der Waals surface area contributed by atoms with Gasteiger partial charge in [-0.1, -0.05) is 49.2 Å². The first-order valence-electron chi connectivity index (χ1n) is 10.3. The summed E-state index contributed by atoms with van der Waals surface area (Å²) in [6.45, 7) is 2.07. The number of nitrogens with zero attached hydrogens (tertiary/aromatic N) is 4. The number of benzene rings is 1. The summed E-state index contributed by atoms with van der Waals surface area (Å²) in [4.78, 5) is 23.0. The van der Waals surface area contributed by atoms with Crippen molar-refractivity contribution in [3.05, 3.63) is 70.4 Å². The van der Waals surface area contributed by atoms with Crippen molar-refractivity contribution in [3.8, 4) is 0 Å². The van der Waals surface area contributed by atoms with Gasteiger partial charge in [-0.15, -0.1) is 0 Å². The van der Waals surface area contributed by atoms with Crippen LogP contribution in [0.25, 0.3) is 16.6 Å². The van der Waals surface area contributed by atoms with Crippen LogP contribution in [0.4, 0.5) is 0 Å². The molecular formula is C23H24N4OS. The Morgan fingerprint density at radius 1 is 1.07 bits per heavy atom. The summed E-state index contributed by atoms with van der Waals surface area (Å²) in [5.74, 6) is 0.693. The Morgan fingerprint density at radius 3 is 2.72 bits per heavy atom. The first kappa shape index (κ1) is 18.4. The van der Waals surface area contributed by atoms with Crippen LogP contribution in [0.15, 0.2) is 58.7 Å². The maximum Gasteiger partial charge on any atom is 0.262 e. The third kappa shape index (κ3) is 3.46. The lowest BCUT2D eigenvalue weighted by atomic mass is 9.95. The highest BCUT2D eigenvalue weighted by atomic mass is 32.2. The number of aryl methyl sites for hydroxylation is 1. The molecule has 1 aliphatic rings. The lowest BCUT2D eigenvalue weighted by molar-refractivity contribution is 0.326. The number of hydrogen-bond acceptors (Lipinski definition) is 4. The van der Waals surface area contributed by atoms with E-state index in [4.69, 9.17) is 9.97 Å². The van der Waals surface area contributed by atoms with E-state index in [-0.39, 0.29) is 11.6 Å². The van der Waals surface area contributed by atoms with Crippen molar-refractivity contribution in [2.75, 3.05) is 0 Å². The quantitative estimate of drug-likeness (QED) is 0.349. The first-order valence-corrected chi connectivity index (χ1v) is 11.3. The molecule has 0 aliphatic heterocycles. The zero-order chi connectivity index (χ0) is 19.8. The smallest absolute Gasteiger partial charge is 0.262 e. The molecule has 1 aliphatic carbocycles. The highest BCUT2D eigenvalue weighted by Gasteiger charge is 2.22. The van der Waals surface area contributed by atoms with E-state index in [2.05, 4.69) is 23.6 Å². The molecule has 0 radical (unpaired) electrons. The van der Waals surface area contributed by atoms with Crippen LogP contribution >= 0.6 is 11.8 Å². The van der Waals surface area contributed by atoms with Gasteiger partial charge in [0.05, 0.1) is 16.6 Å². The van der Waals surface area contributed by atoms with Crippen molar-refractivity contribution in [1.29, 1.82) is 0 Å². The van der Waals surface area contributed by atoms with Gasteiger partial charge in [0.15, 0.2) is 5.16 Å². The van der Waals surface area contributed by atoms with Crippen LogP contribution in [-0.4, -0.2) is 18.9 Å². The summed E-state index contributed by atoms with van der Waals surface area (Å²) in [5.41, 5.74) is 4.02. The third-order valence-corrected chi connectivity index (χ3v) is 6.78. The number of thioether (sulfide) groups is 1. The van der Waals surface area contributed by atoms with Crippen molar-refractivity contribution in [2.24, 2.45) is 0 Å². The molecule has 0 unspecified atom stereocenters. The number of aromatic nitrogens is 4. The molecule has 0 bridgehead atoms. The molecule has 0 amide bonds. The molecule has 1 fully saturated rings. The van der Waals surface area contributed by atoms with Gasteiger partial charge in [-0.05, 0) is 43.5 Å². The lowest BCUT2D eigenvalue weighted by Crippen LogP contribution is -2.29. The minimum Gasteiger partial charge on any atom is -0.307 e. The zero-order valence-electron chi connectivity index (χ0n) is 16.5. The monoisotopic (exact) mass is 404 g/mol. The van der Waals surface area contributed by atoms with Gasteiger partial charge in [0.2, 0.25) is 0 Å². The number of pyridine rings is 1. The van der Waals surface area contributed by atoms with Crippen LogP contribution in [0.2, 0.25) is 0 Å². The van der Waals surface area contributed by atoms with Gasteiger partial charge in [-0.25, -0.2) is 9.97 Å². The highest BCUT2D eigenvalue weighted by molar-refractivity contribution is 7.98. The van der Waals surface area contributed by atoms with Crippen LogP contribution < -0.4 is 5.56 Å². The van der Waals surface area contributed by atoms with Crippen molar-refractivity contribution < 1.29 is 0 Å². The number of fused-ring (bicyclic) bond motifs is 2. The molecule has 148 valence electrons. The molecule has 0 N–H and O–H groups in total. The third-order valence-electron chi connectivity index (χ3n) is 5.79. The number of rotatable bonds is 4. The van der Waals surface area contributed by atoms with Crippen LogP contribution in [0, 0.1) is 6.92 Å². The second kappa shape index (κ2) is 7.67. The molecule has 29 heavy (non-hydrogen) atoms. The lowest BCUT2D eigenvalue weighted by Gasteiger charge is -2.26. The highest BCUT2D eigenvalue weighted by Crippen LogP contribution is 2.32. The molecule has 0 spiro atoms. The Balaban J connectivity index is 1.53. The molecule has 6 heteroatoms. The van der Waals surface area contributed by atoms with Gasteiger partial charge in [0, 0.05) is 24.2 Å². The molecule has 4 aromatic rings. The Morgan fingerprint density at radius 2 is 1.90 bits per heavy atom. The van der Waals surface area contributed by atoms with Crippen molar-refractivity contribution in [3.63, 3.8) is 0 Å². The molecule has 1 aromatic carbocycles. The predicted octanol–water partition coefficient (Wildman–Crippen LogP) is 5.15. The van der Waals surface area contributed by atoms with E-state index < -0.39 is 0 Å². The van der Waals surface area contributed by atoms with Crippen LogP contribution in [0.3, 0.4) is 0 Å². The maximum absolute atomic E-state index is 13.3. The van der Waals surface area contributed by atoms with Gasteiger partial charge in [-0.2, -0.15) is 0 Å². The molecule has 3 heterocycles. The average molecular weight is 405 g/mol. The van der Waals surface area contributed by atoms with Gasteiger partial charge in [0.25, 0.3) is 5.56 Å². The topological polar surface area (TPSA) is 52.2 Å². The van der Waals surface area contributed by atoms with Gasteiger partial charge < -0.3 is 4.40 Å². The summed E-state index contributed by atoms with van der Waals surface area (Å²) >= 11 is 1.62. The number of hydrogen-bond donors (Lipinski definition) is 0. The van der Waals surface area contributed by atoms with E-state index in [1.165, 1.54) is 19.3 Å². The number of para-hydroxylation sites is 1. The summed E-state index contributed by atoms with van der Waals surface area (Å²) in [6.07, 6.45) is 9.83. The molecule has 5 rings (SSSR count). The van der Waals surface area contributed by atoms with Gasteiger partial charge in [0.1, 0.15) is 5.65 Å². The normalized spacial score (nSPS) is 15.3. The summed E-state index contributed by atoms with van der Waals surface area (Å²) in [5, 5.41) is 1.53. The second-order valence-corrected chi connectivity index (χ2v) is 8.76. The Bertz CT molecular complexity index is 1240. The van der Waals surface area contributed by atoms with Crippen LogP contribution in [-0.2, 0) is 5.75 Å². The van der Waals surface area contributed by atoms with E-state index >= 15 is 0 Å². The zero-order valence-corrected chi connectivity index (χ0v) is 17.4. The Labute approximate surface area is 173 Å². The number of imidazole rings is 1. The second-order valence-electron chi connectivity index (χ2n) is 7.82. The Kier molecular flexibility index (Phi) is 4.87. The average Bonchev–Trinajstić information content (AvgIpc) is 3.18.